The van der Waals surface area contributed by atoms with Gasteiger partial charge < -0.3 is 9.72 Å². The molecule has 1 saturated heterocycles. The molecule has 34 heavy (non-hydrogen) atoms. The number of H-pyrrole nitrogens is 1. The highest BCUT2D eigenvalue weighted by atomic mass is 32.2. The Labute approximate surface area is 203 Å². The van der Waals surface area contributed by atoms with Gasteiger partial charge in [-0.1, -0.05) is 65.6 Å². The van der Waals surface area contributed by atoms with E-state index in [0.717, 1.165) is 21.8 Å². The molecule has 9 heteroatoms. The first-order valence-corrected chi connectivity index (χ1v) is 12.5. The molecule has 0 spiro atoms. The van der Waals surface area contributed by atoms with Gasteiger partial charge in [-0.3, -0.25) is 14.4 Å². The number of thiazole rings is 1. The van der Waals surface area contributed by atoms with E-state index in [9.17, 15) is 19.2 Å². The second kappa shape index (κ2) is 9.08. The number of benzene rings is 2. The topological polar surface area (TPSA) is 96.5 Å². The number of esters is 1. The predicted molar refractivity (Wildman–Crippen MR) is 131 cm³/mol. The van der Waals surface area contributed by atoms with E-state index in [2.05, 4.69) is 4.98 Å². The van der Waals surface area contributed by atoms with Crippen LogP contribution in [0.3, 0.4) is 0 Å². The molecule has 3 atom stereocenters. The molecule has 3 heterocycles. The van der Waals surface area contributed by atoms with Gasteiger partial charge in [0, 0.05) is 10.8 Å². The largest absolute Gasteiger partial charge is 0.462 e. The normalized spacial score (nSPS) is 21.6. The van der Waals surface area contributed by atoms with Crippen LogP contribution in [0.2, 0.25) is 0 Å². The van der Waals surface area contributed by atoms with Gasteiger partial charge in [0.25, 0.3) is 0 Å². The number of hydrogen-bond donors (Lipinski definition) is 1. The average Bonchev–Trinajstić information content (AvgIpc) is 3.34. The Morgan fingerprint density at radius 3 is 2.50 bits per heavy atom. The van der Waals surface area contributed by atoms with Crippen LogP contribution in [-0.2, 0) is 14.3 Å². The summed E-state index contributed by atoms with van der Waals surface area (Å²) in [5, 5.41) is -0.0139. The molecule has 2 aliphatic rings. The van der Waals surface area contributed by atoms with Crippen molar-refractivity contribution in [3.8, 4) is 0 Å². The molecule has 0 aliphatic carbocycles. The maximum Gasteiger partial charge on any atom is 0.338 e. The average molecular weight is 493 g/mol. The highest BCUT2D eigenvalue weighted by Crippen LogP contribution is 2.51. The van der Waals surface area contributed by atoms with Crippen molar-refractivity contribution in [2.45, 2.75) is 23.1 Å². The summed E-state index contributed by atoms with van der Waals surface area (Å²) in [5.74, 6) is -2.16. The Kier molecular flexibility index (Phi) is 5.97. The number of rotatable bonds is 5. The van der Waals surface area contributed by atoms with Crippen LogP contribution in [0.4, 0.5) is 5.69 Å². The second-order valence-electron chi connectivity index (χ2n) is 7.85. The van der Waals surface area contributed by atoms with Crippen LogP contribution < -0.4 is 9.77 Å². The molecule has 1 aromatic heterocycles. The highest BCUT2D eigenvalue weighted by molar-refractivity contribution is 8.00. The van der Waals surface area contributed by atoms with Gasteiger partial charge in [0.1, 0.15) is 5.25 Å². The summed E-state index contributed by atoms with van der Waals surface area (Å²) in [5.41, 5.74) is 1.71. The Morgan fingerprint density at radius 1 is 1.06 bits per heavy atom. The van der Waals surface area contributed by atoms with Gasteiger partial charge in [0.2, 0.25) is 11.8 Å². The molecule has 7 nitrogen and oxygen atoms in total. The molecule has 2 aromatic carbocycles. The lowest BCUT2D eigenvalue weighted by atomic mass is 9.88. The molecular weight excluding hydrogens is 472 g/mol. The lowest BCUT2D eigenvalue weighted by molar-refractivity contribution is -0.122. The quantitative estimate of drug-likeness (QED) is 0.426. The van der Waals surface area contributed by atoms with Crippen molar-refractivity contribution in [2.75, 3.05) is 11.5 Å². The lowest BCUT2D eigenvalue weighted by Crippen LogP contribution is -2.31. The van der Waals surface area contributed by atoms with Crippen molar-refractivity contribution >= 4 is 52.6 Å². The van der Waals surface area contributed by atoms with Gasteiger partial charge in [0.05, 0.1) is 28.8 Å². The standard InChI is InChI=1S/C25H20N2O5S2/c1-2-32-24(30)15-9-11-16(12-10-15)27-22(28)18-17(13-8-14-6-4-3-5-7-14)19-21(26-25(31)34-19)33-20(18)23(27)29/h3-13,17-18,20H,2H2,1H3,(H,26,31)/b13-8+/t17-,18+,20+/m0/s1. The fourth-order valence-electron chi connectivity index (χ4n) is 4.26. The first-order chi connectivity index (χ1) is 16.5. The summed E-state index contributed by atoms with van der Waals surface area (Å²) in [7, 11) is 0. The molecule has 1 N–H and O–H groups in total. The van der Waals surface area contributed by atoms with Crippen molar-refractivity contribution in [3.05, 3.63) is 86.3 Å². The van der Waals surface area contributed by atoms with E-state index >= 15 is 0 Å². The number of aromatic amines is 1. The van der Waals surface area contributed by atoms with Crippen molar-refractivity contribution < 1.29 is 19.1 Å². The van der Waals surface area contributed by atoms with Gasteiger partial charge in [-0.05, 0) is 36.8 Å². The first kappa shape index (κ1) is 22.4. The molecule has 0 saturated carbocycles. The number of carbonyl (C=O) groups excluding carboxylic acids is 3. The zero-order valence-corrected chi connectivity index (χ0v) is 19.7. The molecule has 2 aliphatic heterocycles. The van der Waals surface area contributed by atoms with Crippen LogP contribution in [0.15, 0.2) is 70.5 Å². The van der Waals surface area contributed by atoms with Crippen molar-refractivity contribution in [3.63, 3.8) is 0 Å². The second-order valence-corrected chi connectivity index (χ2v) is 10.0. The maximum atomic E-state index is 13.6. The molecule has 2 amide bonds. The van der Waals surface area contributed by atoms with E-state index in [1.54, 1.807) is 31.2 Å². The summed E-state index contributed by atoms with van der Waals surface area (Å²) in [4.78, 5) is 55.6. The van der Waals surface area contributed by atoms with Crippen molar-refractivity contribution in [2.24, 2.45) is 5.92 Å². The fourth-order valence-corrected chi connectivity index (χ4v) is 6.75. The molecule has 172 valence electrons. The maximum absolute atomic E-state index is 13.6. The molecule has 3 aromatic rings. The van der Waals surface area contributed by atoms with Crippen LogP contribution in [0.5, 0.6) is 0 Å². The monoisotopic (exact) mass is 492 g/mol. The van der Waals surface area contributed by atoms with Crippen molar-refractivity contribution in [1.82, 2.24) is 4.98 Å². The van der Waals surface area contributed by atoms with E-state index in [1.165, 1.54) is 16.7 Å². The molecule has 1 fully saturated rings. The Bertz CT molecular complexity index is 1340. The van der Waals surface area contributed by atoms with Crippen LogP contribution in [-0.4, -0.2) is 34.6 Å². The van der Waals surface area contributed by atoms with Gasteiger partial charge in [-0.25, -0.2) is 9.69 Å². The number of nitrogens with one attached hydrogen (secondary N) is 1. The SMILES string of the molecule is CCOC(=O)c1ccc(N2C(=O)[C@@H]3[C@H](/C=C/c4ccccc4)c4sc(=O)[nH]c4S[C@H]3C2=O)cc1. The third-order valence-electron chi connectivity index (χ3n) is 5.80. The highest BCUT2D eigenvalue weighted by Gasteiger charge is 2.55. The number of anilines is 1. The number of aromatic nitrogens is 1. The van der Waals surface area contributed by atoms with Crippen molar-refractivity contribution in [1.29, 1.82) is 0 Å². The van der Waals surface area contributed by atoms with E-state index in [-0.39, 0.29) is 23.3 Å². The van der Waals surface area contributed by atoms with Gasteiger partial charge in [0.15, 0.2) is 0 Å². The van der Waals surface area contributed by atoms with Crippen LogP contribution >= 0.6 is 23.1 Å². The van der Waals surface area contributed by atoms with E-state index in [1.807, 2.05) is 42.5 Å². The summed E-state index contributed by atoms with van der Waals surface area (Å²) < 4.78 is 5.00. The number of thioether (sulfide) groups is 1. The zero-order valence-electron chi connectivity index (χ0n) is 18.1. The minimum Gasteiger partial charge on any atom is -0.462 e. The van der Waals surface area contributed by atoms with E-state index < -0.39 is 23.1 Å². The van der Waals surface area contributed by atoms with Gasteiger partial charge in [-0.15, -0.1) is 0 Å². The van der Waals surface area contributed by atoms with Gasteiger partial charge >= 0.3 is 10.8 Å². The minimum atomic E-state index is -0.652. The smallest absolute Gasteiger partial charge is 0.338 e. The summed E-state index contributed by atoms with van der Waals surface area (Å²) in [6.45, 7) is 1.98. The number of carbonyl (C=O) groups is 3. The van der Waals surface area contributed by atoms with Gasteiger partial charge in [-0.2, -0.15) is 0 Å². The third kappa shape index (κ3) is 3.91. The summed E-state index contributed by atoms with van der Waals surface area (Å²) >= 11 is 2.31. The number of hydrogen-bond acceptors (Lipinski definition) is 7. The number of fused-ring (bicyclic) bond motifs is 2. The number of imide groups is 1. The van der Waals surface area contributed by atoms with E-state index in [4.69, 9.17) is 4.74 Å². The number of ether oxygens (including phenoxy) is 1. The summed E-state index contributed by atoms with van der Waals surface area (Å²) in [6.07, 6.45) is 3.83. The number of allylic oxidation sites excluding steroid dienone is 1. The Hall–Kier alpha value is -3.43. The molecule has 0 radical (unpaired) electrons. The minimum absolute atomic E-state index is 0.207. The van der Waals surface area contributed by atoms with Crippen LogP contribution in [0.1, 0.15) is 33.6 Å². The first-order valence-electron chi connectivity index (χ1n) is 10.8. The van der Waals surface area contributed by atoms with E-state index in [0.29, 0.717) is 16.3 Å². The molecular formula is C25H20N2O5S2. The molecule has 5 rings (SSSR count). The fraction of sp³-hybridized carbons (Fsp3) is 0.200. The molecule has 0 unspecified atom stereocenters. The number of nitrogens with zero attached hydrogens (tertiary/aromatic N) is 1. The zero-order chi connectivity index (χ0) is 23.8. The third-order valence-corrected chi connectivity index (χ3v) is 8.22. The Balaban J connectivity index is 1.50. The summed E-state index contributed by atoms with van der Waals surface area (Å²) in [6, 6.07) is 15.9. The predicted octanol–water partition coefficient (Wildman–Crippen LogP) is 4.07. The van der Waals surface area contributed by atoms with Crippen LogP contribution in [0, 0.1) is 5.92 Å². The van der Waals surface area contributed by atoms with Crippen LogP contribution in [0.25, 0.3) is 6.08 Å². The lowest BCUT2D eigenvalue weighted by Gasteiger charge is -2.27. The molecule has 0 bridgehead atoms. The Morgan fingerprint density at radius 2 is 1.79 bits per heavy atom. The number of amides is 2.